The van der Waals surface area contributed by atoms with Gasteiger partial charge in [-0.3, -0.25) is 14.5 Å². The Hall–Kier alpha value is -2.14. The van der Waals surface area contributed by atoms with Gasteiger partial charge in [0.25, 0.3) is 0 Å². The fraction of sp³-hybridized carbons (Fsp3) is 0.500. The van der Waals surface area contributed by atoms with Crippen molar-refractivity contribution in [1.82, 2.24) is 0 Å². The first-order chi connectivity index (χ1) is 12.1. The standard InChI is InChI=1S/C20H24N2O3/c1-13-11-17-18(12-14(13)2)20(24)22(19(17)23)16-5-3-15(4-6-16)21-7-9-25-10-8-21/h3-6,17-18H,7-12H2,1-2H3/t17-,18-/m0/s1. The number of carbonyl (C=O) groups excluding carboxylic acids is 2. The molecule has 132 valence electrons. The molecule has 0 N–H and O–H groups in total. The molecule has 5 heteroatoms. The van der Waals surface area contributed by atoms with Crippen molar-refractivity contribution in [2.45, 2.75) is 26.7 Å². The van der Waals surface area contributed by atoms with Gasteiger partial charge < -0.3 is 9.64 Å². The molecule has 1 aliphatic carbocycles. The molecule has 3 aliphatic rings. The van der Waals surface area contributed by atoms with Gasteiger partial charge in [0, 0.05) is 18.8 Å². The third-order valence-electron chi connectivity index (χ3n) is 5.83. The minimum absolute atomic E-state index is 0.0408. The van der Waals surface area contributed by atoms with Gasteiger partial charge in [0.15, 0.2) is 0 Å². The van der Waals surface area contributed by atoms with Gasteiger partial charge in [-0.2, -0.15) is 0 Å². The van der Waals surface area contributed by atoms with E-state index in [4.69, 9.17) is 4.74 Å². The van der Waals surface area contributed by atoms with E-state index in [-0.39, 0.29) is 23.7 Å². The number of fused-ring (bicyclic) bond motifs is 1. The number of rotatable bonds is 2. The molecule has 1 aromatic carbocycles. The average molecular weight is 340 g/mol. The zero-order chi connectivity index (χ0) is 17.6. The summed E-state index contributed by atoms with van der Waals surface area (Å²) >= 11 is 0. The summed E-state index contributed by atoms with van der Waals surface area (Å²) in [6.07, 6.45) is 1.42. The molecule has 0 bridgehead atoms. The molecular formula is C20H24N2O3. The number of benzene rings is 1. The van der Waals surface area contributed by atoms with Crippen molar-refractivity contribution in [3.63, 3.8) is 0 Å². The highest BCUT2D eigenvalue weighted by Gasteiger charge is 2.49. The highest BCUT2D eigenvalue weighted by Crippen LogP contribution is 2.42. The van der Waals surface area contributed by atoms with Crippen LogP contribution in [0.5, 0.6) is 0 Å². The maximum absolute atomic E-state index is 12.8. The van der Waals surface area contributed by atoms with Crippen LogP contribution in [0.2, 0.25) is 0 Å². The number of anilines is 2. The number of imide groups is 1. The number of hydrogen-bond donors (Lipinski definition) is 0. The van der Waals surface area contributed by atoms with Gasteiger partial charge in [0.05, 0.1) is 30.7 Å². The van der Waals surface area contributed by atoms with Crippen LogP contribution in [-0.4, -0.2) is 38.1 Å². The summed E-state index contributed by atoms with van der Waals surface area (Å²) < 4.78 is 5.38. The number of carbonyl (C=O) groups is 2. The van der Waals surface area contributed by atoms with Crippen LogP contribution in [0.3, 0.4) is 0 Å². The summed E-state index contributed by atoms with van der Waals surface area (Å²) in [5, 5.41) is 0. The maximum Gasteiger partial charge on any atom is 0.238 e. The zero-order valence-electron chi connectivity index (χ0n) is 14.8. The van der Waals surface area contributed by atoms with Crippen molar-refractivity contribution in [3.8, 4) is 0 Å². The first-order valence-electron chi connectivity index (χ1n) is 9.02. The Bertz CT molecular complexity index is 700. The number of nitrogens with zero attached hydrogens (tertiary/aromatic N) is 2. The SMILES string of the molecule is CC1=C(C)C[C@@H]2C(=O)N(c3ccc(N4CCOCC4)cc3)C(=O)[C@H]2C1. The number of allylic oxidation sites excluding steroid dienone is 2. The molecule has 2 atom stereocenters. The van der Waals surface area contributed by atoms with Crippen molar-refractivity contribution in [2.24, 2.45) is 11.8 Å². The van der Waals surface area contributed by atoms with Gasteiger partial charge in [-0.15, -0.1) is 0 Å². The molecule has 2 fully saturated rings. The number of morpholine rings is 1. The molecule has 5 nitrogen and oxygen atoms in total. The van der Waals surface area contributed by atoms with Crippen LogP contribution in [0.25, 0.3) is 0 Å². The fourth-order valence-electron chi connectivity index (χ4n) is 4.14. The lowest BCUT2D eigenvalue weighted by Gasteiger charge is -2.29. The van der Waals surface area contributed by atoms with Crippen molar-refractivity contribution in [2.75, 3.05) is 36.1 Å². The zero-order valence-corrected chi connectivity index (χ0v) is 14.8. The topological polar surface area (TPSA) is 49.9 Å². The molecule has 2 aliphatic heterocycles. The molecule has 0 unspecified atom stereocenters. The van der Waals surface area contributed by atoms with E-state index in [1.54, 1.807) is 0 Å². The van der Waals surface area contributed by atoms with E-state index in [9.17, 15) is 9.59 Å². The predicted molar refractivity (Wildman–Crippen MR) is 96.6 cm³/mol. The van der Waals surface area contributed by atoms with Crippen molar-refractivity contribution < 1.29 is 14.3 Å². The van der Waals surface area contributed by atoms with E-state index in [1.807, 2.05) is 24.3 Å². The second-order valence-electron chi connectivity index (χ2n) is 7.31. The predicted octanol–water partition coefficient (Wildman–Crippen LogP) is 2.76. The van der Waals surface area contributed by atoms with E-state index in [0.717, 1.165) is 32.0 Å². The van der Waals surface area contributed by atoms with Crippen LogP contribution in [0.1, 0.15) is 26.7 Å². The molecule has 2 heterocycles. The van der Waals surface area contributed by atoms with Gasteiger partial charge in [-0.25, -0.2) is 0 Å². The second-order valence-corrected chi connectivity index (χ2v) is 7.31. The van der Waals surface area contributed by atoms with E-state index in [1.165, 1.54) is 16.0 Å². The van der Waals surface area contributed by atoms with Crippen molar-refractivity contribution in [3.05, 3.63) is 35.4 Å². The molecule has 0 aromatic heterocycles. The van der Waals surface area contributed by atoms with Crippen molar-refractivity contribution >= 4 is 23.2 Å². The molecule has 2 amide bonds. The minimum atomic E-state index is -0.185. The fourth-order valence-corrected chi connectivity index (χ4v) is 4.14. The van der Waals surface area contributed by atoms with Crippen LogP contribution in [0.15, 0.2) is 35.4 Å². The molecular weight excluding hydrogens is 316 g/mol. The first-order valence-corrected chi connectivity index (χ1v) is 9.02. The molecule has 0 spiro atoms. The maximum atomic E-state index is 12.8. The summed E-state index contributed by atoms with van der Waals surface area (Å²) in [7, 11) is 0. The van der Waals surface area contributed by atoms with E-state index in [0.29, 0.717) is 18.5 Å². The Labute approximate surface area is 148 Å². The van der Waals surface area contributed by atoms with Gasteiger partial charge in [0.2, 0.25) is 11.8 Å². The molecule has 25 heavy (non-hydrogen) atoms. The smallest absolute Gasteiger partial charge is 0.238 e. The Morgan fingerprint density at radius 2 is 1.32 bits per heavy atom. The summed E-state index contributed by atoms with van der Waals surface area (Å²) in [6, 6.07) is 7.78. The first kappa shape index (κ1) is 16.3. The normalized spacial score (nSPS) is 27.1. The third kappa shape index (κ3) is 2.76. The average Bonchev–Trinajstić information content (AvgIpc) is 2.87. The van der Waals surface area contributed by atoms with Gasteiger partial charge >= 0.3 is 0 Å². The molecule has 0 saturated carbocycles. The summed E-state index contributed by atoms with van der Waals surface area (Å²) in [5.41, 5.74) is 4.31. The highest BCUT2D eigenvalue weighted by molar-refractivity contribution is 6.22. The van der Waals surface area contributed by atoms with E-state index < -0.39 is 0 Å². The van der Waals surface area contributed by atoms with E-state index in [2.05, 4.69) is 18.7 Å². The molecule has 4 rings (SSSR count). The van der Waals surface area contributed by atoms with Gasteiger partial charge in [-0.1, -0.05) is 11.1 Å². The summed E-state index contributed by atoms with van der Waals surface area (Å²) in [6.45, 7) is 7.36. The monoisotopic (exact) mass is 340 g/mol. The Morgan fingerprint density at radius 1 is 0.840 bits per heavy atom. The second kappa shape index (κ2) is 6.30. The lowest BCUT2D eigenvalue weighted by molar-refractivity contribution is -0.122. The van der Waals surface area contributed by atoms with Crippen LogP contribution < -0.4 is 9.80 Å². The Balaban J connectivity index is 1.56. The Morgan fingerprint density at radius 3 is 1.84 bits per heavy atom. The summed E-state index contributed by atoms with van der Waals surface area (Å²) in [4.78, 5) is 29.4. The Kier molecular flexibility index (Phi) is 4.12. The number of amides is 2. The lowest BCUT2D eigenvalue weighted by atomic mass is 9.78. The van der Waals surface area contributed by atoms with Crippen LogP contribution >= 0.6 is 0 Å². The van der Waals surface area contributed by atoms with Gasteiger partial charge in [0.1, 0.15) is 0 Å². The quantitative estimate of drug-likeness (QED) is 0.614. The molecule has 1 aromatic rings. The molecule has 2 saturated heterocycles. The molecule has 0 radical (unpaired) electrons. The van der Waals surface area contributed by atoms with E-state index >= 15 is 0 Å². The van der Waals surface area contributed by atoms with Crippen LogP contribution in [-0.2, 0) is 14.3 Å². The van der Waals surface area contributed by atoms with Crippen molar-refractivity contribution in [1.29, 1.82) is 0 Å². The number of hydrogen-bond acceptors (Lipinski definition) is 4. The largest absolute Gasteiger partial charge is 0.378 e. The lowest BCUT2D eigenvalue weighted by Crippen LogP contribution is -2.36. The third-order valence-corrected chi connectivity index (χ3v) is 5.83. The highest BCUT2D eigenvalue weighted by atomic mass is 16.5. The number of ether oxygens (including phenoxy) is 1. The summed E-state index contributed by atoms with van der Waals surface area (Å²) in [5.74, 6) is -0.452. The van der Waals surface area contributed by atoms with Crippen LogP contribution in [0, 0.1) is 11.8 Å². The van der Waals surface area contributed by atoms with Gasteiger partial charge in [-0.05, 0) is 51.0 Å². The minimum Gasteiger partial charge on any atom is -0.378 e. The van der Waals surface area contributed by atoms with Crippen LogP contribution in [0.4, 0.5) is 11.4 Å².